The van der Waals surface area contributed by atoms with E-state index in [0.717, 1.165) is 93.1 Å². The topological polar surface area (TPSA) is 74.7 Å². The second kappa shape index (κ2) is 8.80. The van der Waals surface area contributed by atoms with Gasteiger partial charge in [0.15, 0.2) is 5.76 Å². The summed E-state index contributed by atoms with van der Waals surface area (Å²) in [5.74, 6) is 2.90. The highest BCUT2D eigenvalue weighted by Gasteiger charge is 2.28. The number of piperazine rings is 1. The average Bonchev–Trinajstić information content (AvgIpc) is 3.46. The Labute approximate surface area is 182 Å². The standard InChI is InChI=1S/C23H30N6O2/c1-17-13-21(31-26-17)20-14-24-23(29-10-8-27(2)9-11-29)25-22(20)18-5-3-7-28(15-18)16-19-6-4-12-30-19/h4,6,12-14,18H,3,5,7-11,15-16H2,1-2H3. The molecule has 5 rings (SSSR count). The number of aromatic nitrogens is 3. The number of aryl methyl sites for hydroxylation is 1. The van der Waals surface area contributed by atoms with Crippen molar-refractivity contribution in [2.45, 2.75) is 32.2 Å². The van der Waals surface area contributed by atoms with Crippen LogP contribution in [-0.4, -0.2) is 71.2 Å². The average molecular weight is 423 g/mol. The molecule has 31 heavy (non-hydrogen) atoms. The number of furan rings is 1. The third-order valence-electron chi connectivity index (χ3n) is 6.34. The van der Waals surface area contributed by atoms with Crippen LogP contribution >= 0.6 is 0 Å². The minimum atomic E-state index is 0.318. The van der Waals surface area contributed by atoms with Gasteiger partial charge in [-0.2, -0.15) is 0 Å². The summed E-state index contributed by atoms with van der Waals surface area (Å²) in [6.45, 7) is 8.75. The summed E-state index contributed by atoms with van der Waals surface area (Å²) in [5, 5.41) is 4.10. The number of hydrogen-bond acceptors (Lipinski definition) is 8. The summed E-state index contributed by atoms with van der Waals surface area (Å²) in [6, 6.07) is 5.97. The van der Waals surface area contributed by atoms with Gasteiger partial charge in [0.2, 0.25) is 5.95 Å². The van der Waals surface area contributed by atoms with Crippen LogP contribution in [0.25, 0.3) is 11.3 Å². The number of rotatable bonds is 5. The molecule has 0 spiro atoms. The molecule has 0 bridgehead atoms. The first-order valence-electron chi connectivity index (χ1n) is 11.1. The summed E-state index contributed by atoms with van der Waals surface area (Å²) < 4.78 is 11.2. The van der Waals surface area contributed by atoms with Crippen LogP contribution < -0.4 is 4.90 Å². The van der Waals surface area contributed by atoms with E-state index in [2.05, 4.69) is 26.9 Å². The summed E-state index contributed by atoms with van der Waals surface area (Å²) in [7, 11) is 2.16. The van der Waals surface area contributed by atoms with E-state index < -0.39 is 0 Å². The molecule has 2 aliphatic rings. The van der Waals surface area contributed by atoms with Gasteiger partial charge in [0.05, 0.1) is 29.8 Å². The zero-order valence-corrected chi connectivity index (χ0v) is 18.3. The predicted octanol–water partition coefficient (Wildman–Crippen LogP) is 3.16. The van der Waals surface area contributed by atoms with Crippen molar-refractivity contribution in [3.8, 4) is 11.3 Å². The lowest BCUT2D eigenvalue weighted by Gasteiger charge is -2.34. The first kappa shape index (κ1) is 20.2. The van der Waals surface area contributed by atoms with E-state index >= 15 is 0 Å². The molecular weight excluding hydrogens is 392 g/mol. The van der Waals surface area contributed by atoms with Gasteiger partial charge in [-0.1, -0.05) is 5.16 Å². The number of anilines is 1. The van der Waals surface area contributed by atoms with Crippen LogP contribution in [0.15, 0.2) is 39.6 Å². The molecule has 2 fully saturated rings. The summed E-state index contributed by atoms with van der Waals surface area (Å²) in [5.41, 5.74) is 2.90. The van der Waals surface area contributed by atoms with E-state index in [1.807, 2.05) is 31.3 Å². The molecule has 1 atom stereocenters. The highest BCUT2D eigenvalue weighted by molar-refractivity contribution is 5.61. The SMILES string of the molecule is Cc1cc(-c2cnc(N3CCN(C)CC3)nc2C2CCCN(Cc3ccco3)C2)on1. The lowest BCUT2D eigenvalue weighted by atomic mass is 9.91. The lowest BCUT2D eigenvalue weighted by Crippen LogP contribution is -2.45. The minimum Gasteiger partial charge on any atom is -0.468 e. The molecule has 0 aromatic carbocycles. The van der Waals surface area contributed by atoms with Crippen molar-refractivity contribution < 1.29 is 8.94 Å². The maximum atomic E-state index is 5.61. The van der Waals surface area contributed by atoms with Crippen molar-refractivity contribution in [2.24, 2.45) is 0 Å². The van der Waals surface area contributed by atoms with Gasteiger partial charge in [0.25, 0.3) is 0 Å². The first-order valence-corrected chi connectivity index (χ1v) is 11.1. The number of likely N-dealkylation sites (N-methyl/N-ethyl adjacent to an activating group) is 1. The molecule has 2 aliphatic heterocycles. The predicted molar refractivity (Wildman–Crippen MR) is 118 cm³/mol. The third-order valence-corrected chi connectivity index (χ3v) is 6.34. The van der Waals surface area contributed by atoms with E-state index in [4.69, 9.17) is 18.9 Å². The normalized spacial score (nSPS) is 21.0. The van der Waals surface area contributed by atoms with E-state index in [-0.39, 0.29) is 0 Å². The van der Waals surface area contributed by atoms with Gasteiger partial charge < -0.3 is 18.7 Å². The molecule has 3 aromatic heterocycles. The molecule has 5 heterocycles. The highest BCUT2D eigenvalue weighted by atomic mass is 16.5. The van der Waals surface area contributed by atoms with Crippen LogP contribution in [0.3, 0.4) is 0 Å². The summed E-state index contributed by atoms with van der Waals surface area (Å²) in [4.78, 5) is 16.9. The van der Waals surface area contributed by atoms with Crippen LogP contribution in [0.1, 0.15) is 35.9 Å². The fourth-order valence-corrected chi connectivity index (χ4v) is 4.58. The number of nitrogens with zero attached hydrogens (tertiary/aromatic N) is 6. The highest BCUT2D eigenvalue weighted by Crippen LogP contribution is 2.34. The van der Waals surface area contributed by atoms with E-state index in [9.17, 15) is 0 Å². The van der Waals surface area contributed by atoms with Gasteiger partial charge in [-0.25, -0.2) is 9.97 Å². The van der Waals surface area contributed by atoms with Gasteiger partial charge in [-0.05, 0) is 45.5 Å². The maximum absolute atomic E-state index is 5.61. The van der Waals surface area contributed by atoms with Crippen molar-refractivity contribution >= 4 is 5.95 Å². The van der Waals surface area contributed by atoms with Crippen molar-refractivity contribution in [3.63, 3.8) is 0 Å². The van der Waals surface area contributed by atoms with Crippen LogP contribution in [-0.2, 0) is 6.54 Å². The Morgan fingerprint density at radius 2 is 2.03 bits per heavy atom. The van der Waals surface area contributed by atoms with Crippen LogP contribution in [0.2, 0.25) is 0 Å². The van der Waals surface area contributed by atoms with Crippen LogP contribution in [0, 0.1) is 6.92 Å². The van der Waals surface area contributed by atoms with Crippen molar-refractivity contribution in [1.29, 1.82) is 0 Å². The third kappa shape index (κ3) is 4.50. The Morgan fingerprint density at radius 3 is 2.77 bits per heavy atom. The second-order valence-electron chi connectivity index (χ2n) is 8.75. The van der Waals surface area contributed by atoms with Crippen LogP contribution in [0.4, 0.5) is 5.95 Å². The van der Waals surface area contributed by atoms with Crippen LogP contribution in [0.5, 0.6) is 0 Å². The lowest BCUT2D eigenvalue weighted by molar-refractivity contribution is 0.185. The van der Waals surface area contributed by atoms with E-state index in [0.29, 0.717) is 5.92 Å². The van der Waals surface area contributed by atoms with E-state index in [1.54, 1.807) is 6.26 Å². The molecule has 0 aliphatic carbocycles. The quantitative estimate of drug-likeness (QED) is 0.621. The Hall–Kier alpha value is -2.71. The molecule has 164 valence electrons. The zero-order chi connectivity index (χ0) is 21.2. The Bertz CT molecular complexity index is 993. The largest absolute Gasteiger partial charge is 0.468 e. The fourth-order valence-electron chi connectivity index (χ4n) is 4.58. The molecule has 0 radical (unpaired) electrons. The molecule has 0 saturated carbocycles. The molecule has 1 unspecified atom stereocenters. The Kier molecular flexibility index (Phi) is 5.74. The van der Waals surface area contributed by atoms with Gasteiger partial charge in [-0.15, -0.1) is 0 Å². The fraction of sp³-hybridized carbons (Fsp3) is 0.522. The molecule has 3 aromatic rings. The number of hydrogen-bond donors (Lipinski definition) is 0. The van der Waals surface area contributed by atoms with Gasteiger partial charge >= 0.3 is 0 Å². The molecule has 0 amide bonds. The molecule has 8 heteroatoms. The minimum absolute atomic E-state index is 0.318. The van der Waals surface area contributed by atoms with Crippen molar-refractivity contribution in [3.05, 3.63) is 47.8 Å². The molecule has 0 N–H and O–H groups in total. The summed E-state index contributed by atoms with van der Waals surface area (Å²) in [6.07, 6.45) is 5.91. The van der Waals surface area contributed by atoms with Crippen molar-refractivity contribution in [1.82, 2.24) is 24.9 Å². The van der Waals surface area contributed by atoms with Gasteiger partial charge in [0, 0.05) is 50.9 Å². The van der Waals surface area contributed by atoms with Crippen molar-refractivity contribution in [2.75, 3.05) is 51.2 Å². The Morgan fingerprint density at radius 1 is 1.16 bits per heavy atom. The van der Waals surface area contributed by atoms with Gasteiger partial charge in [-0.3, -0.25) is 4.90 Å². The second-order valence-corrected chi connectivity index (χ2v) is 8.75. The summed E-state index contributed by atoms with van der Waals surface area (Å²) >= 11 is 0. The van der Waals surface area contributed by atoms with E-state index in [1.165, 1.54) is 0 Å². The molecular formula is C23H30N6O2. The zero-order valence-electron chi connectivity index (χ0n) is 18.3. The molecule has 8 nitrogen and oxygen atoms in total. The maximum Gasteiger partial charge on any atom is 0.225 e. The Balaban J connectivity index is 1.44. The molecule has 2 saturated heterocycles. The number of likely N-dealkylation sites (tertiary alicyclic amines) is 1. The first-order chi connectivity index (χ1) is 15.2. The monoisotopic (exact) mass is 422 g/mol. The van der Waals surface area contributed by atoms with Gasteiger partial charge in [0.1, 0.15) is 5.76 Å². The number of piperidine rings is 1. The smallest absolute Gasteiger partial charge is 0.225 e.